The molecule has 0 fully saturated rings. The van der Waals surface area contributed by atoms with E-state index in [0.717, 1.165) is 41.6 Å². The number of carboxylic acids is 1. The summed E-state index contributed by atoms with van der Waals surface area (Å²) in [7, 11) is 0. The summed E-state index contributed by atoms with van der Waals surface area (Å²) in [5.74, 6) is -0.805. The summed E-state index contributed by atoms with van der Waals surface area (Å²) in [5.41, 5.74) is 5.65. The van der Waals surface area contributed by atoms with E-state index in [-0.39, 0.29) is 6.04 Å². The molecule has 126 valence electrons. The normalized spacial score (nSPS) is 18.0. The molecule has 0 saturated carbocycles. The number of benzene rings is 1. The van der Waals surface area contributed by atoms with E-state index in [2.05, 4.69) is 16.4 Å². The van der Waals surface area contributed by atoms with E-state index < -0.39 is 12.0 Å². The number of aryl methyl sites for hydroxylation is 3. The first kappa shape index (κ1) is 16.7. The molecule has 0 aliphatic heterocycles. The molecule has 1 heterocycles. The summed E-state index contributed by atoms with van der Waals surface area (Å²) in [6.45, 7) is 4.08. The number of fused-ring (bicyclic) bond motifs is 1. The van der Waals surface area contributed by atoms with Crippen LogP contribution in [0.4, 0.5) is 0 Å². The fourth-order valence-electron chi connectivity index (χ4n) is 3.61. The molecule has 4 nitrogen and oxygen atoms in total. The minimum absolute atomic E-state index is 0.0142. The summed E-state index contributed by atoms with van der Waals surface area (Å²) in [6.07, 6.45) is 5.30. The van der Waals surface area contributed by atoms with E-state index in [4.69, 9.17) is 0 Å². The zero-order valence-electron chi connectivity index (χ0n) is 14.2. The number of carboxylic acid groups (broad SMARTS) is 1. The Morgan fingerprint density at radius 1 is 1.29 bits per heavy atom. The van der Waals surface area contributed by atoms with Gasteiger partial charge in [0, 0.05) is 6.20 Å². The number of hydrogen-bond acceptors (Lipinski definition) is 3. The molecule has 0 amide bonds. The summed E-state index contributed by atoms with van der Waals surface area (Å²) >= 11 is 0. The van der Waals surface area contributed by atoms with Gasteiger partial charge in [-0.1, -0.05) is 24.3 Å². The number of hydrogen-bond donors (Lipinski definition) is 2. The first-order valence-electron chi connectivity index (χ1n) is 8.54. The van der Waals surface area contributed by atoms with Crippen molar-refractivity contribution in [1.82, 2.24) is 10.3 Å². The maximum Gasteiger partial charge on any atom is 0.321 e. The quantitative estimate of drug-likeness (QED) is 0.885. The van der Waals surface area contributed by atoms with E-state index in [0.29, 0.717) is 6.42 Å². The third-order valence-electron chi connectivity index (χ3n) is 4.95. The van der Waals surface area contributed by atoms with Crippen molar-refractivity contribution in [1.29, 1.82) is 0 Å². The van der Waals surface area contributed by atoms with Crippen LogP contribution in [0.2, 0.25) is 0 Å². The van der Waals surface area contributed by atoms with E-state index in [9.17, 15) is 9.90 Å². The molecule has 0 bridgehead atoms. The standard InChI is InChI=1S/C20H24N2O2/c1-13-6-3-7-14(2)16(13)12-18(20(23)24)22-17-10-4-8-15-9-5-11-21-19(15)17/h3,5-7,9,11,17-18,22H,4,8,10,12H2,1-2H3,(H,23,24)/t17?,18-/m0/s1. The van der Waals surface area contributed by atoms with E-state index in [1.165, 1.54) is 5.56 Å². The van der Waals surface area contributed by atoms with E-state index >= 15 is 0 Å². The van der Waals surface area contributed by atoms with Crippen molar-refractivity contribution < 1.29 is 9.90 Å². The van der Waals surface area contributed by atoms with Crippen molar-refractivity contribution in [2.75, 3.05) is 0 Å². The minimum Gasteiger partial charge on any atom is -0.480 e. The number of nitrogens with zero attached hydrogens (tertiary/aromatic N) is 1. The highest BCUT2D eigenvalue weighted by Crippen LogP contribution is 2.28. The Hall–Kier alpha value is -2.20. The molecule has 1 aromatic heterocycles. The van der Waals surface area contributed by atoms with Crippen LogP contribution in [-0.2, 0) is 17.6 Å². The van der Waals surface area contributed by atoms with Gasteiger partial charge in [-0.15, -0.1) is 0 Å². The second kappa shape index (κ2) is 7.14. The number of carbonyl (C=O) groups is 1. The molecule has 2 atom stereocenters. The zero-order valence-corrected chi connectivity index (χ0v) is 14.2. The van der Waals surface area contributed by atoms with E-state index in [1.807, 2.05) is 38.1 Å². The minimum atomic E-state index is -0.805. The van der Waals surface area contributed by atoms with Crippen LogP contribution in [0.5, 0.6) is 0 Å². The Balaban J connectivity index is 1.82. The summed E-state index contributed by atoms with van der Waals surface area (Å²) in [4.78, 5) is 16.3. The van der Waals surface area contributed by atoms with E-state index in [1.54, 1.807) is 6.20 Å². The molecule has 24 heavy (non-hydrogen) atoms. The number of rotatable bonds is 5. The SMILES string of the molecule is Cc1cccc(C)c1C[C@H](NC1CCCc2cccnc21)C(=O)O. The second-order valence-electron chi connectivity index (χ2n) is 6.62. The van der Waals surface area contributed by atoms with Crippen LogP contribution in [-0.4, -0.2) is 22.1 Å². The van der Waals surface area contributed by atoms with Gasteiger partial charge in [-0.2, -0.15) is 0 Å². The summed E-state index contributed by atoms with van der Waals surface area (Å²) < 4.78 is 0. The van der Waals surface area contributed by atoms with Crippen LogP contribution in [0, 0.1) is 13.8 Å². The Kier molecular flexibility index (Phi) is 4.95. The third kappa shape index (κ3) is 3.49. The van der Waals surface area contributed by atoms with Crippen LogP contribution in [0.15, 0.2) is 36.5 Å². The molecule has 2 N–H and O–H groups in total. The van der Waals surface area contributed by atoms with Gasteiger partial charge in [0.2, 0.25) is 0 Å². The number of aliphatic carboxylic acids is 1. The molecular weight excluding hydrogens is 300 g/mol. The van der Waals surface area contributed by atoms with Crippen LogP contribution in [0.1, 0.15) is 46.8 Å². The summed E-state index contributed by atoms with van der Waals surface area (Å²) in [6, 6.07) is 9.54. The predicted molar refractivity (Wildman–Crippen MR) is 94.1 cm³/mol. The van der Waals surface area contributed by atoms with Gasteiger partial charge in [-0.3, -0.25) is 15.1 Å². The molecule has 0 radical (unpaired) electrons. The average Bonchev–Trinajstić information content (AvgIpc) is 2.57. The Morgan fingerprint density at radius 2 is 2.04 bits per heavy atom. The van der Waals surface area contributed by atoms with Gasteiger partial charge in [0.05, 0.1) is 11.7 Å². The van der Waals surface area contributed by atoms with Crippen LogP contribution in [0.25, 0.3) is 0 Å². The molecule has 0 saturated heterocycles. The lowest BCUT2D eigenvalue weighted by Crippen LogP contribution is -2.42. The van der Waals surface area contributed by atoms with Crippen molar-refractivity contribution in [3.8, 4) is 0 Å². The molecule has 1 aromatic carbocycles. The number of nitrogens with one attached hydrogen (secondary N) is 1. The second-order valence-corrected chi connectivity index (χ2v) is 6.62. The molecule has 1 unspecified atom stereocenters. The third-order valence-corrected chi connectivity index (χ3v) is 4.95. The van der Waals surface area contributed by atoms with Gasteiger partial charge in [0.25, 0.3) is 0 Å². The van der Waals surface area contributed by atoms with Gasteiger partial charge in [0.15, 0.2) is 0 Å². The lowest BCUT2D eigenvalue weighted by atomic mass is 9.90. The van der Waals surface area contributed by atoms with Crippen molar-refractivity contribution in [3.05, 3.63) is 64.5 Å². The monoisotopic (exact) mass is 324 g/mol. The molecular formula is C20H24N2O2. The van der Waals surface area contributed by atoms with Crippen LogP contribution >= 0.6 is 0 Å². The number of aromatic nitrogens is 1. The Labute approximate surface area is 142 Å². The van der Waals surface area contributed by atoms with Crippen molar-refractivity contribution >= 4 is 5.97 Å². The number of pyridine rings is 1. The Morgan fingerprint density at radius 3 is 2.75 bits per heavy atom. The van der Waals surface area contributed by atoms with Crippen LogP contribution in [0.3, 0.4) is 0 Å². The highest BCUT2D eigenvalue weighted by Gasteiger charge is 2.27. The molecule has 1 aliphatic rings. The highest BCUT2D eigenvalue weighted by molar-refractivity contribution is 5.74. The zero-order chi connectivity index (χ0) is 17.1. The van der Waals surface area contributed by atoms with Gasteiger partial charge in [-0.25, -0.2) is 0 Å². The molecule has 3 rings (SSSR count). The molecule has 2 aromatic rings. The highest BCUT2D eigenvalue weighted by atomic mass is 16.4. The van der Waals surface area contributed by atoms with Gasteiger partial charge < -0.3 is 5.11 Å². The average molecular weight is 324 g/mol. The fraction of sp³-hybridized carbons (Fsp3) is 0.400. The molecule has 1 aliphatic carbocycles. The van der Waals surface area contributed by atoms with Gasteiger partial charge in [0.1, 0.15) is 6.04 Å². The first-order chi connectivity index (χ1) is 11.6. The lowest BCUT2D eigenvalue weighted by molar-refractivity contribution is -0.139. The van der Waals surface area contributed by atoms with Crippen molar-refractivity contribution in [2.45, 2.75) is 51.6 Å². The molecule has 0 spiro atoms. The largest absolute Gasteiger partial charge is 0.480 e. The van der Waals surface area contributed by atoms with Crippen molar-refractivity contribution in [3.63, 3.8) is 0 Å². The smallest absolute Gasteiger partial charge is 0.321 e. The maximum absolute atomic E-state index is 11.8. The lowest BCUT2D eigenvalue weighted by Gasteiger charge is -2.28. The summed E-state index contributed by atoms with van der Waals surface area (Å²) in [5, 5.41) is 13.1. The van der Waals surface area contributed by atoms with Gasteiger partial charge in [-0.05, 0) is 67.9 Å². The maximum atomic E-state index is 11.8. The Bertz CT molecular complexity index is 722. The van der Waals surface area contributed by atoms with Gasteiger partial charge >= 0.3 is 5.97 Å². The van der Waals surface area contributed by atoms with Crippen molar-refractivity contribution in [2.24, 2.45) is 0 Å². The predicted octanol–water partition coefficient (Wildman–Crippen LogP) is 3.36. The first-order valence-corrected chi connectivity index (χ1v) is 8.54. The fourth-order valence-corrected chi connectivity index (χ4v) is 3.61. The topological polar surface area (TPSA) is 62.2 Å². The molecule has 4 heteroatoms. The van der Waals surface area contributed by atoms with Crippen LogP contribution < -0.4 is 5.32 Å².